The first-order valence-electron chi connectivity index (χ1n) is 7.53. The van der Waals surface area contributed by atoms with E-state index < -0.39 is 0 Å². The summed E-state index contributed by atoms with van der Waals surface area (Å²) in [6, 6.07) is 5.69. The van der Waals surface area contributed by atoms with E-state index in [1.165, 1.54) is 0 Å². The lowest BCUT2D eigenvalue weighted by Crippen LogP contribution is -2.08. The molecule has 2 aromatic heterocycles. The Morgan fingerprint density at radius 1 is 1.08 bits per heavy atom. The van der Waals surface area contributed by atoms with E-state index in [1.54, 1.807) is 6.20 Å². The van der Waals surface area contributed by atoms with Gasteiger partial charge in [-0.25, -0.2) is 9.97 Å². The minimum absolute atomic E-state index is 0.486. The molecule has 0 amide bonds. The molecule has 4 rings (SSSR count). The first kappa shape index (κ1) is 15.2. The number of rotatable bonds is 2. The molecule has 8 heteroatoms. The van der Waals surface area contributed by atoms with Gasteiger partial charge in [-0.05, 0) is 28.1 Å². The number of anilines is 2. The maximum absolute atomic E-state index is 5.74. The first-order valence-corrected chi connectivity index (χ1v) is 8.32. The summed E-state index contributed by atoms with van der Waals surface area (Å²) in [6.45, 7) is 2.09. The maximum atomic E-state index is 5.74. The Balaban J connectivity index is 1.65. The number of halogens is 1. The number of imidazole rings is 1. The number of ether oxygens (including phenoxy) is 3. The van der Waals surface area contributed by atoms with Crippen LogP contribution >= 0.6 is 15.9 Å². The molecule has 0 atom stereocenters. The minimum Gasteiger partial charge on any atom is -0.487 e. The number of hydrogen-bond donors (Lipinski definition) is 1. The number of nitrogens with zero attached hydrogens (tertiary/aromatic N) is 3. The zero-order chi connectivity index (χ0) is 16.4. The zero-order valence-electron chi connectivity index (χ0n) is 12.7. The van der Waals surface area contributed by atoms with Crippen molar-refractivity contribution in [3.8, 4) is 11.5 Å². The van der Waals surface area contributed by atoms with Crippen molar-refractivity contribution in [1.29, 1.82) is 0 Å². The van der Waals surface area contributed by atoms with Crippen molar-refractivity contribution < 1.29 is 14.2 Å². The predicted molar refractivity (Wildman–Crippen MR) is 92.2 cm³/mol. The SMILES string of the molecule is Brc1cn2ccnc2c(Nc2ccc3c(c2)OCCOCCO3)n1. The number of fused-ring (bicyclic) bond motifs is 2. The van der Waals surface area contributed by atoms with Crippen molar-refractivity contribution in [2.24, 2.45) is 0 Å². The lowest BCUT2D eigenvalue weighted by molar-refractivity contribution is 0.0877. The van der Waals surface area contributed by atoms with Crippen molar-refractivity contribution in [2.75, 3.05) is 31.7 Å². The second kappa shape index (κ2) is 6.66. The molecule has 0 saturated carbocycles. The Labute approximate surface area is 146 Å². The molecule has 0 saturated heterocycles. The molecule has 0 radical (unpaired) electrons. The van der Waals surface area contributed by atoms with Crippen LogP contribution in [0.15, 0.2) is 41.4 Å². The van der Waals surface area contributed by atoms with E-state index >= 15 is 0 Å². The van der Waals surface area contributed by atoms with Crippen molar-refractivity contribution >= 4 is 33.1 Å². The molecule has 124 valence electrons. The monoisotopic (exact) mass is 390 g/mol. The molecule has 1 aliphatic heterocycles. The smallest absolute Gasteiger partial charge is 0.180 e. The van der Waals surface area contributed by atoms with Gasteiger partial charge in [-0.1, -0.05) is 0 Å². The Kier molecular flexibility index (Phi) is 4.22. The minimum atomic E-state index is 0.486. The fourth-order valence-corrected chi connectivity index (χ4v) is 2.86. The van der Waals surface area contributed by atoms with Crippen LogP contribution in [0.25, 0.3) is 5.65 Å². The Morgan fingerprint density at radius 2 is 1.92 bits per heavy atom. The lowest BCUT2D eigenvalue weighted by atomic mass is 10.2. The van der Waals surface area contributed by atoms with Crippen LogP contribution in [0.1, 0.15) is 0 Å². The molecule has 0 spiro atoms. The normalized spacial score (nSPS) is 14.7. The quantitative estimate of drug-likeness (QED) is 0.725. The average Bonchev–Trinajstić information content (AvgIpc) is 3.06. The van der Waals surface area contributed by atoms with Crippen LogP contribution in [0.5, 0.6) is 11.5 Å². The average molecular weight is 391 g/mol. The third-order valence-electron chi connectivity index (χ3n) is 3.52. The van der Waals surface area contributed by atoms with Gasteiger partial charge in [-0.3, -0.25) is 0 Å². The van der Waals surface area contributed by atoms with Crippen molar-refractivity contribution in [3.05, 3.63) is 41.4 Å². The van der Waals surface area contributed by atoms with Gasteiger partial charge < -0.3 is 23.9 Å². The molecule has 3 aromatic rings. The van der Waals surface area contributed by atoms with Crippen LogP contribution in [0.2, 0.25) is 0 Å². The molecular weight excluding hydrogens is 376 g/mol. The highest BCUT2D eigenvalue weighted by Crippen LogP contribution is 2.32. The number of hydrogen-bond acceptors (Lipinski definition) is 6. The van der Waals surface area contributed by atoms with Gasteiger partial charge in [0.1, 0.15) is 17.8 Å². The summed E-state index contributed by atoms with van der Waals surface area (Å²) in [7, 11) is 0. The summed E-state index contributed by atoms with van der Waals surface area (Å²) in [5.74, 6) is 2.04. The first-order chi connectivity index (χ1) is 11.8. The summed E-state index contributed by atoms with van der Waals surface area (Å²) in [4.78, 5) is 8.79. The molecule has 7 nitrogen and oxygen atoms in total. The van der Waals surface area contributed by atoms with E-state index in [4.69, 9.17) is 14.2 Å². The van der Waals surface area contributed by atoms with Gasteiger partial charge in [0.2, 0.25) is 0 Å². The van der Waals surface area contributed by atoms with Crippen LogP contribution in [0.3, 0.4) is 0 Å². The third kappa shape index (κ3) is 3.15. The predicted octanol–water partition coefficient (Wildman–Crippen LogP) is 3.02. The summed E-state index contributed by atoms with van der Waals surface area (Å²) >= 11 is 3.41. The summed E-state index contributed by atoms with van der Waals surface area (Å²) in [6.07, 6.45) is 5.46. The van der Waals surface area contributed by atoms with Gasteiger partial charge in [0, 0.05) is 30.3 Å². The highest BCUT2D eigenvalue weighted by molar-refractivity contribution is 9.10. The van der Waals surface area contributed by atoms with Gasteiger partial charge in [0.25, 0.3) is 0 Å². The molecular formula is C16H15BrN4O3. The second-order valence-electron chi connectivity index (χ2n) is 5.17. The van der Waals surface area contributed by atoms with Crippen LogP contribution < -0.4 is 14.8 Å². The van der Waals surface area contributed by atoms with Crippen molar-refractivity contribution in [2.45, 2.75) is 0 Å². The zero-order valence-corrected chi connectivity index (χ0v) is 14.3. The van der Waals surface area contributed by atoms with E-state index in [0.29, 0.717) is 43.7 Å². The highest BCUT2D eigenvalue weighted by Gasteiger charge is 2.12. The van der Waals surface area contributed by atoms with E-state index in [9.17, 15) is 0 Å². The number of aromatic nitrogens is 3. The Bertz CT molecular complexity index is 868. The largest absolute Gasteiger partial charge is 0.487 e. The van der Waals surface area contributed by atoms with Crippen LogP contribution in [-0.4, -0.2) is 40.8 Å². The molecule has 0 bridgehead atoms. The molecule has 1 N–H and O–H groups in total. The fourth-order valence-electron chi connectivity index (χ4n) is 2.46. The van der Waals surface area contributed by atoms with E-state index in [1.807, 2.05) is 35.0 Å². The third-order valence-corrected chi connectivity index (χ3v) is 3.90. The van der Waals surface area contributed by atoms with Gasteiger partial charge in [0.15, 0.2) is 23.0 Å². The van der Waals surface area contributed by atoms with E-state index in [-0.39, 0.29) is 0 Å². The molecule has 0 aliphatic carbocycles. The van der Waals surface area contributed by atoms with Crippen LogP contribution in [0.4, 0.5) is 11.5 Å². The maximum Gasteiger partial charge on any atom is 0.180 e. The van der Waals surface area contributed by atoms with Crippen LogP contribution in [-0.2, 0) is 4.74 Å². The van der Waals surface area contributed by atoms with Crippen LogP contribution in [0, 0.1) is 0 Å². The fraction of sp³-hybridized carbons (Fsp3) is 0.250. The summed E-state index contributed by atoms with van der Waals surface area (Å²) < 4.78 is 19.4. The summed E-state index contributed by atoms with van der Waals surface area (Å²) in [5.41, 5.74) is 1.58. The molecule has 24 heavy (non-hydrogen) atoms. The highest BCUT2D eigenvalue weighted by atomic mass is 79.9. The number of benzene rings is 1. The Hall–Kier alpha value is -2.32. The van der Waals surface area contributed by atoms with E-state index in [0.717, 1.165) is 15.9 Å². The number of nitrogens with one attached hydrogen (secondary N) is 1. The Morgan fingerprint density at radius 3 is 2.79 bits per heavy atom. The molecule has 3 heterocycles. The standard InChI is InChI=1S/C16H15BrN4O3/c17-14-10-21-4-3-18-16(21)15(20-14)19-11-1-2-12-13(9-11)24-8-6-22-5-7-23-12/h1-4,9-10H,5-8H2,(H,19,20). The van der Waals surface area contributed by atoms with Crippen molar-refractivity contribution in [3.63, 3.8) is 0 Å². The molecule has 1 aromatic carbocycles. The second-order valence-corrected chi connectivity index (χ2v) is 5.98. The lowest BCUT2D eigenvalue weighted by Gasteiger charge is -2.13. The van der Waals surface area contributed by atoms with Gasteiger partial charge >= 0.3 is 0 Å². The molecule has 0 fully saturated rings. The van der Waals surface area contributed by atoms with Gasteiger partial charge in [-0.2, -0.15) is 0 Å². The molecule has 0 unspecified atom stereocenters. The van der Waals surface area contributed by atoms with E-state index in [2.05, 4.69) is 31.2 Å². The molecule has 1 aliphatic rings. The topological polar surface area (TPSA) is 69.9 Å². The van der Waals surface area contributed by atoms with Gasteiger partial charge in [-0.15, -0.1) is 0 Å². The van der Waals surface area contributed by atoms with Gasteiger partial charge in [0.05, 0.1) is 13.2 Å². The van der Waals surface area contributed by atoms with Crippen molar-refractivity contribution in [1.82, 2.24) is 14.4 Å². The summed E-state index contributed by atoms with van der Waals surface area (Å²) in [5, 5.41) is 3.28.